The van der Waals surface area contributed by atoms with E-state index in [2.05, 4.69) is 36.2 Å². The number of carbonyl (C=O) groups excluding carboxylic acids is 1. The molecule has 0 spiro atoms. The Morgan fingerprint density at radius 3 is 2.52 bits per heavy atom. The maximum Gasteiger partial charge on any atom is 0.308 e. The molecule has 6 nitrogen and oxygen atoms in total. The number of esters is 1. The number of halogens is 1. The maximum absolute atomic E-state index is 11.6. The largest absolute Gasteiger partial charge is 0.494 e. The van der Waals surface area contributed by atoms with Crippen molar-refractivity contribution in [3.05, 3.63) is 29.8 Å². The topological polar surface area (TPSA) is 63.2 Å². The van der Waals surface area contributed by atoms with Crippen LogP contribution >= 0.6 is 24.0 Å². The van der Waals surface area contributed by atoms with Crippen molar-refractivity contribution in [3.8, 4) is 5.75 Å². The molecule has 1 N–H and O–H groups in total. The fraction of sp³-hybridized carbons (Fsp3) is 0.600. The monoisotopic (exact) mass is 489 g/mol. The molecule has 1 saturated heterocycles. The van der Waals surface area contributed by atoms with Gasteiger partial charge < -0.3 is 19.7 Å². The lowest BCUT2D eigenvalue weighted by Crippen LogP contribution is -2.46. The zero-order valence-electron chi connectivity index (χ0n) is 16.6. The van der Waals surface area contributed by atoms with Crippen molar-refractivity contribution in [2.45, 2.75) is 33.1 Å². The highest BCUT2D eigenvalue weighted by molar-refractivity contribution is 14.0. The van der Waals surface area contributed by atoms with Crippen LogP contribution in [0.3, 0.4) is 0 Å². The summed E-state index contributed by atoms with van der Waals surface area (Å²) in [6.07, 6.45) is 2.49. The Morgan fingerprint density at radius 2 is 1.93 bits per heavy atom. The van der Waals surface area contributed by atoms with Gasteiger partial charge in [-0.15, -0.1) is 24.0 Å². The van der Waals surface area contributed by atoms with Gasteiger partial charge in [0.25, 0.3) is 0 Å². The van der Waals surface area contributed by atoms with Crippen LogP contribution in [0.15, 0.2) is 29.3 Å². The van der Waals surface area contributed by atoms with Gasteiger partial charge in [-0.3, -0.25) is 9.79 Å². The van der Waals surface area contributed by atoms with E-state index in [1.165, 1.54) is 12.7 Å². The molecule has 2 rings (SSSR count). The number of likely N-dealkylation sites (tertiary alicyclic amines) is 1. The SMILES string of the molecule is CCNC(=NCCCOc1ccc(C)cc1)N1CCC(C(=O)OC)CC1.I. The lowest BCUT2D eigenvalue weighted by Gasteiger charge is -2.33. The maximum atomic E-state index is 11.6. The van der Waals surface area contributed by atoms with E-state index in [0.29, 0.717) is 13.2 Å². The molecule has 0 amide bonds. The fourth-order valence-corrected chi connectivity index (χ4v) is 2.99. The highest BCUT2D eigenvalue weighted by Gasteiger charge is 2.26. The molecule has 0 atom stereocenters. The van der Waals surface area contributed by atoms with Crippen LogP contribution in [0.2, 0.25) is 0 Å². The predicted octanol–water partition coefficient (Wildman–Crippen LogP) is 3.23. The fourth-order valence-electron chi connectivity index (χ4n) is 2.99. The van der Waals surface area contributed by atoms with Crippen molar-refractivity contribution >= 4 is 35.9 Å². The van der Waals surface area contributed by atoms with Crippen LogP contribution in [0, 0.1) is 12.8 Å². The molecule has 27 heavy (non-hydrogen) atoms. The van der Waals surface area contributed by atoms with Gasteiger partial charge in [0.15, 0.2) is 5.96 Å². The van der Waals surface area contributed by atoms with Crippen LogP contribution in [0.5, 0.6) is 5.75 Å². The summed E-state index contributed by atoms with van der Waals surface area (Å²) in [5.74, 6) is 1.74. The number of hydrogen-bond acceptors (Lipinski definition) is 4. The molecule has 0 aromatic heterocycles. The number of nitrogens with zero attached hydrogens (tertiary/aromatic N) is 2. The smallest absolute Gasteiger partial charge is 0.308 e. The Labute approximate surface area is 179 Å². The lowest BCUT2D eigenvalue weighted by atomic mass is 9.97. The number of piperidine rings is 1. The summed E-state index contributed by atoms with van der Waals surface area (Å²) in [4.78, 5) is 18.6. The Bertz CT molecular complexity index is 585. The Morgan fingerprint density at radius 1 is 1.26 bits per heavy atom. The van der Waals surface area contributed by atoms with Gasteiger partial charge in [0.05, 0.1) is 19.6 Å². The summed E-state index contributed by atoms with van der Waals surface area (Å²) in [7, 11) is 1.46. The van der Waals surface area contributed by atoms with Crippen molar-refractivity contribution < 1.29 is 14.3 Å². The first kappa shape index (κ1) is 23.5. The van der Waals surface area contributed by atoms with E-state index in [1.807, 2.05) is 12.1 Å². The Hall–Kier alpha value is -1.51. The van der Waals surface area contributed by atoms with Gasteiger partial charge in [0.1, 0.15) is 5.75 Å². The van der Waals surface area contributed by atoms with E-state index in [-0.39, 0.29) is 35.9 Å². The molecule has 1 aromatic rings. The van der Waals surface area contributed by atoms with E-state index < -0.39 is 0 Å². The molecule has 1 aliphatic heterocycles. The number of ether oxygens (including phenoxy) is 2. The molecule has 1 fully saturated rings. The van der Waals surface area contributed by atoms with Gasteiger partial charge in [-0.05, 0) is 38.8 Å². The van der Waals surface area contributed by atoms with Gasteiger partial charge in [0.2, 0.25) is 0 Å². The lowest BCUT2D eigenvalue weighted by molar-refractivity contribution is -0.146. The number of guanidine groups is 1. The summed E-state index contributed by atoms with van der Waals surface area (Å²) < 4.78 is 10.6. The van der Waals surface area contributed by atoms with Crippen LogP contribution in [-0.4, -0.2) is 56.7 Å². The van der Waals surface area contributed by atoms with Gasteiger partial charge in [-0.1, -0.05) is 17.7 Å². The summed E-state index contributed by atoms with van der Waals surface area (Å²) in [5, 5.41) is 3.34. The van der Waals surface area contributed by atoms with Crippen molar-refractivity contribution in [2.24, 2.45) is 10.9 Å². The molecular weight excluding hydrogens is 457 g/mol. The molecule has 0 bridgehead atoms. The van der Waals surface area contributed by atoms with Crippen molar-refractivity contribution in [3.63, 3.8) is 0 Å². The summed E-state index contributed by atoms with van der Waals surface area (Å²) in [5.41, 5.74) is 1.23. The van der Waals surface area contributed by atoms with Gasteiger partial charge in [0, 0.05) is 32.6 Å². The second-order valence-electron chi connectivity index (χ2n) is 6.54. The van der Waals surface area contributed by atoms with Gasteiger partial charge >= 0.3 is 5.97 Å². The average molecular weight is 489 g/mol. The molecular formula is C20H32IN3O3. The molecule has 0 aliphatic carbocycles. The molecule has 0 unspecified atom stereocenters. The first-order valence-corrected chi connectivity index (χ1v) is 9.44. The quantitative estimate of drug-likeness (QED) is 0.210. The minimum atomic E-state index is -0.0974. The summed E-state index contributed by atoms with van der Waals surface area (Å²) in [6, 6.07) is 8.09. The van der Waals surface area contributed by atoms with Crippen LogP contribution < -0.4 is 10.1 Å². The predicted molar refractivity (Wildman–Crippen MR) is 119 cm³/mol. The van der Waals surface area contributed by atoms with Crippen molar-refractivity contribution in [1.29, 1.82) is 0 Å². The minimum Gasteiger partial charge on any atom is -0.494 e. The van der Waals surface area contributed by atoms with Crippen LogP contribution in [-0.2, 0) is 9.53 Å². The second-order valence-corrected chi connectivity index (χ2v) is 6.54. The third-order valence-corrected chi connectivity index (χ3v) is 4.52. The molecule has 152 valence electrons. The molecule has 7 heteroatoms. The van der Waals surface area contributed by atoms with E-state index in [0.717, 1.165) is 50.6 Å². The number of aryl methyl sites for hydroxylation is 1. The second kappa shape index (κ2) is 12.8. The van der Waals surface area contributed by atoms with Crippen LogP contribution in [0.1, 0.15) is 31.7 Å². The van der Waals surface area contributed by atoms with E-state index >= 15 is 0 Å². The molecule has 1 aliphatic rings. The zero-order chi connectivity index (χ0) is 18.8. The Kier molecular flexibility index (Phi) is 11.2. The standard InChI is InChI=1S/C20H31N3O3.HI/c1-4-21-20(23-13-10-17(11-14-23)19(24)25-3)22-12-5-15-26-18-8-6-16(2)7-9-18;/h6-9,17H,4-5,10-15H2,1-3H3,(H,21,22);1H. The number of carbonyl (C=O) groups is 1. The third-order valence-electron chi connectivity index (χ3n) is 4.52. The van der Waals surface area contributed by atoms with Crippen LogP contribution in [0.4, 0.5) is 0 Å². The third kappa shape index (κ3) is 7.94. The summed E-state index contributed by atoms with van der Waals surface area (Å²) >= 11 is 0. The minimum absolute atomic E-state index is 0. The van der Waals surface area contributed by atoms with Crippen LogP contribution in [0.25, 0.3) is 0 Å². The van der Waals surface area contributed by atoms with E-state index in [9.17, 15) is 4.79 Å². The Balaban J connectivity index is 0.00000364. The van der Waals surface area contributed by atoms with Gasteiger partial charge in [-0.2, -0.15) is 0 Å². The number of methoxy groups -OCH3 is 1. The first-order chi connectivity index (χ1) is 12.6. The summed E-state index contributed by atoms with van der Waals surface area (Å²) in [6.45, 7) is 7.97. The number of benzene rings is 1. The molecule has 0 saturated carbocycles. The van der Waals surface area contributed by atoms with Crippen molar-refractivity contribution in [2.75, 3.05) is 39.9 Å². The normalized spacial score (nSPS) is 15.1. The molecule has 1 aromatic carbocycles. The van der Waals surface area contributed by atoms with E-state index in [1.54, 1.807) is 0 Å². The molecule has 1 heterocycles. The van der Waals surface area contributed by atoms with Gasteiger partial charge in [-0.25, -0.2) is 0 Å². The van der Waals surface area contributed by atoms with Crippen molar-refractivity contribution in [1.82, 2.24) is 10.2 Å². The first-order valence-electron chi connectivity index (χ1n) is 9.44. The number of nitrogens with one attached hydrogen (secondary N) is 1. The van der Waals surface area contributed by atoms with E-state index in [4.69, 9.17) is 14.5 Å². The number of aliphatic imine (C=N–C) groups is 1. The molecule has 0 radical (unpaired) electrons. The average Bonchev–Trinajstić information content (AvgIpc) is 2.68. The number of rotatable bonds is 7. The zero-order valence-corrected chi connectivity index (χ0v) is 18.9. The highest BCUT2D eigenvalue weighted by atomic mass is 127. The highest BCUT2D eigenvalue weighted by Crippen LogP contribution is 2.18. The number of hydrogen-bond donors (Lipinski definition) is 1.